The molecule has 1 amide bonds. The number of carbonyl (C=O) groups excluding carboxylic acids is 1. The molecular formula is C32H37N5O2. The third kappa shape index (κ3) is 5.88. The number of anilines is 2. The van der Waals surface area contributed by atoms with Crippen LogP contribution in [-0.4, -0.2) is 46.0 Å². The molecule has 2 aromatic carbocycles. The number of aryl methyl sites for hydroxylation is 1. The Hall–Kier alpha value is -3.97. The molecule has 0 radical (unpaired) electrons. The lowest BCUT2D eigenvalue weighted by Gasteiger charge is -2.34. The maximum absolute atomic E-state index is 14.2. The van der Waals surface area contributed by atoms with E-state index >= 15 is 0 Å². The molecule has 1 aliphatic rings. The topological polar surface area (TPSA) is 74.5 Å². The summed E-state index contributed by atoms with van der Waals surface area (Å²) in [5, 5.41) is 15.6. The number of benzene rings is 2. The molecule has 2 unspecified atom stereocenters. The molecule has 0 saturated heterocycles. The number of rotatable bonds is 8. The van der Waals surface area contributed by atoms with Crippen molar-refractivity contribution >= 4 is 17.3 Å². The van der Waals surface area contributed by atoms with Crippen molar-refractivity contribution in [3.63, 3.8) is 0 Å². The fraction of sp³-hybridized carbons (Fsp3) is 0.344. The number of nitrogens with zero attached hydrogens (tertiary/aromatic N) is 5. The average molecular weight is 524 g/mol. The highest BCUT2D eigenvalue weighted by Crippen LogP contribution is 2.35. The van der Waals surface area contributed by atoms with E-state index in [1.807, 2.05) is 61.5 Å². The van der Waals surface area contributed by atoms with Gasteiger partial charge < -0.3 is 14.9 Å². The third-order valence-electron chi connectivity index (χ3n) is 7.52. The van der Waals surface area contributed by atoms with Gasteiger partial charge in [0.25, 0.3) is 0 Å². The molecule has 0 saturated carbocycles. The molecule has 7 nitrogen and oxygen atoms in total. The van der Waals surface area contributed by atoms with E-state index in [0.717, 1.165) is 40.1 Å². The molecule has 5 rings (SSSR count). The van der Waals surface area contributed by atoms with E-state index in [1.165, 1.54) is 0 Å². The molecule has 2 aromatic heterocycles. The van der Waals surface area contributed by atoms with Gasteiger partial charge in [-0.3, -0.25) is 14.5 Å². The van der Waals surface area contributed by atoms with Crippen molar-refractivity contribution in [1.82, 2.24) is 14.8 Å². The Morgan fingerprint density at radius 2 is 1.74 bits per heavy atom. The highest BCUT2D eigenvalue weighted by molar-refractivity contribution is 5.98. The second-order valence-electron chi connectivity index (χ2n) is 10.9. The van der Waals surface area contributed by atoms with E-state index in [4.69, 9.17) is 0 Å². The molecule has 1 aliphatic carbocycles. The number of aliphatic hydroxyl groups excluding tert-OH is 1. The second kappa shape index (κ2) is 11.4. The number of hydrogen-bond donors (Lipinski definition) is 1. The van der Waals surface area contributed by atoms with Gasteiger partial charge in [-0.25, -0.2) is 0 Å². The zero-order valence-corrected chi connectivity index (χ0v) is 23.2. The smallest absolute Gasteiger partial charge is 0.237 e. The Morgan fingerprint density at radius 3 is 2.44 bits per heavy atom. The van der Waals surface area contributed by atoms with Crippen LogP contribution < -0.4 is 9.80 Å². The highest BCUT2D eigenvalue weighted by Gasteiger charge is 2.37. The third-order valence-corrected chi connectivity index (χ3v) is 7.52. The molecule has 2 heterocycles. The molecular weight excluding hydrogens is 486 g/mol. The van der Waals surface area contributed by atoms with Crippen LogP contribution in [-0.2, 0) is 24.3 Å². The van der Waals surface area contributed by atoms with Gasteiger partial charge in [0.2, 0.25) is 5.91 Å². The zero-order chi connectivity index (χ0) is 27.5. The normalized spacial score (nSPS) is 16.7. The van der Waals surface area contributed by atoms with Gasteiger partial charge in [0, 0.05) is 37.2 Å². The maximum Gasteiger partial charge on any atom is 0.237 e. The molecule has 0 aliphatic heterocycles. The standard InChI is InChI=1S/C32H37N5O2/c1-22(2)29-15-14-27(18-33-29)37(32(39)31-28-8-6-5-7-25(28)11-16-30(31)38)21-24-17-34-36(20-24)19-23-9-12-26(13-10-23)35(3)4/h5-10,12-15,17-18,20,22,30-31,38H,11,16,19,21H2,1-4H3. The van der Waals surface area contributed by atoms with Crippen molar-refractivity contribution in [1.29, 1.82) is 0 Å². The van der Waals surface area contributed by atoms with Crippen LogP contribution in [0.4, 0.5) is 11.4 Å². The number of fused-ring (bicyclic) bond motifs is 1. The van der Waals surface area contributed by atoms with E-state index in [9.17, 15) is 9.90 Å². The monoisotopic (exact) mass is 523 g/mol. The highest BCUT2D eigenvalue weighted by atomic mass is 16.3. The molecule has 0 spiro atoms. The first-order valence-electron chi connectivity index (χ1n) is 13.6. The van der Waals surface area contributed by atoms with Gasteiger partial charge >= 0.3 is 0 Å². The molecule has 0 fully saturated rings. The number of aromatic nitrogens is 3. The Bertz CT molecular complexity index is 1410. The summed E-state index contributed by atoms with van der Waals surface area (Å²) in [7, 11) is 4.05. The van der Waals surface area contributed by atoms with Crippen LogP contribution in [0.5, 0.6) is 0 Å². The summed E-state index contributed by atoms with van der Waals surface area (Å²) >= 11 is 0. The summed E-state index contributed by atoms with van der Waals surface area (Å²) in [5.41, 5.74) is 6.95. The van der Waals surface area contributed by atoms with Crippen LogP contribution in [0.15, 0.2) is 79.3 Å². The van der Waals surface area contributed by atoms with E-state index in [0.29, 0.717) is 31.1 Å². The van der Waals surface area contributed by atoms with Crippen LogP contribution in [0, 0.1) is 0 Å². The van der Waals surface area contributed by atoms with Crippen LogP contribution >= 0.6 is 0 Å². The van der Waals surface area contributed by atoms with E-state index in [2.05, 4.69) is 59.2 Å². The summed E-state index contributed by atoms with van der Waals surface area (Å²) < 4.78 is 1.90. The minimum atomic E-state index is -0.731. The Labute approximate surface area is 230 Å². The van der Waals surface area contributed by atoms with Crippen LogP contribution in [0.1, 0.15) is 60.1 Å². The first-order chi connectivity index (χ1) is 18.8. The quantitative estimate of drug-likeness (QED) is 0.346. The predicted molar refractivity (Wildman–Crippen MR) is 155 cm³/mol. The van der Waals surface area contributed by atoms with Gasteiger partial charge in [0.05, 0.1) is 43.2 Å². The minimum Gasteiger partial charge on any atom is -0.392 e. The number of amides is 1. The second-order valence-corrected chi connectivity index (χ2v) is 10.9. The summed E-state index contributed by atoms with van der Waals surface area (Å²) in [5.74, 6) is -0.453. The van der Waals surface area contributed by atoms with Gasteiger partial charge in [0.15, 0.2) is 0 Å². The zero-order valence-electron chi connectivity index (χ0n) is 23.2. The predicted octanol–water partition coefficient (Wildman–Crippen LogP) is 5.14. The lowest BCUT2D eigenvalue weighted by Crippen LogP contribution is -2.41. The average Bonchev–Trinajstić information content (AvgIpc) is 3.38. The van der Waals surface area contributed by atoms with Gasteiger partial charge in [-0.1, -0.05) is 50.2 Å². The van der Waals surface area contributed by atoms with Gasteiger partial charge in [-0.2, -0.15) is 5.10 Å². The first kappa shape index (κ1) is 26.6. The molecule has 0 bridgehead atoms. The molecule has 7 heteroatoms. The number of hydrogen-bond acceptors (Lipinski definition) is 5. The van der Waals surface area contributed by atoms with E-state index in [1.54, 1.807) is 11.1 Å². The molecule has 39 heavy (non-hydrogen) atoms. The van der Waals surface area contributed by atoms with Gasteiger partial charge in [0.1, 0.15) is 0 Å². The lowest BCUT2D eigenvalue weighted by atomic mass is 9.80. The van der Waals surface area contributed by atoms with Crippen molar-refractivity contribution in [2.75, 3.05) is 23.9 Å². The Kier molecular flexibility index (Phi) is 7.79. The van der Waals surface area contributed by atoms with Gasteiger partial charge in [-0.15, -0.1) is 0 Å². The fourth-order valence-electron chi connectivity index (χ4n) is 5.25. The minimum absolute atomic E-state index is 0.124. The maximum atomic E-state index is 14.2. The molecule has 4 aromatic rings. The summed E-state index contributed by atoms with van der Waals surface area (Å²) in [6.07, 6.45) is 6.18. The van der Waals surface area contributed by atoms with Crippen LogP contribution in [0.2, 0.25) is 0 Å². The molecule has 202 valence electrons. The van der Waals surface area contributed by atoms with Crippen molar-refractivity contribution in [3.05, 3.63) is 107 Å². The lowest BCUT2D eigenvalue weighted by molar-refractivity contribution is -0.123. The Morgan fingerprint density at radius 1 is 1.00 bits per heavy atom. The fourth-order valence-corrected chi connectivity index (χ4v) is 5.25. The first-order valence-corrected chi connectivity index (χ1v) is 13.6. The van der Waals surface area contributed by atoms with Crippen molar-refractivity contribution < 1.29 is 9.90 Å². The summed E-state index contributed by atoms with van der Waals surface area (Å²) in [4.78, 5) is 22.6. The van der Waals surface area contributed by atoms with Gasteiger partial charge in [-0.05, 0) is 59.7 Å². The van der Waals surface area contributed by atoms with Crippen LogP contribution in [0.3, 0.4) is 0 Å². The van der Waals surface area contributed by atoms with Crippen molar-refractivity contribution in [2.24, 2.45) is 0 Å². The van der Waals surface area contributed by atoms with Crippen molar-refractivity contribution in [3.8, 4) is 0 Å². The van der Waals surface area contributed by atoms with Crippen molar-refractivity contribution in [2.45, 2.75) is 57.7 Å². The van der Waals surface area contributed by atoms with E-state index in [-0.39, 0.29) is 5.91 Å². The SMILES string of the molecule is CC(C)c1ccc(N(Cc2cnn(Cc3ccc(N(C)C)cc3)c2)C(=O)C2c3ccccc3CCC2O)cn1. The molecule has 2 atom stereocenters. The summed E-state index contributed by atoms with van der Waals surface area (Å²) in [6, 6.07) is 20.3. The number of pyridine rings is 1. The number of carbonyl (C=O) groups is 1. The number of aliphatic hydroxyl groups is 1. The largest absolute Gasteiger partial charge is 0.392 e. The van der Waals surface area contributed by atoms with E-state index < -0.39 is 12.0 Å². The van der Waals surface area contributed by atoms with Crippen LogP contribution in [0.25, 0.3) is 0 Å². The Balaban J connectivity index is 1.42. The molecule has 1 N–H and O–H groups in total. The summed E-state index contributed by atoms with van der Waals surface area (Å²) in [6.45, 7) is 5.18.